The average Bonchev–Trinajstić information content (AvgIpc) is 3.51. The molecular weight excluding hydrogens is 440 g/mol. The predicted octanol–water partition coefficient (Wildman–Crippen LogP) is 2.42. The van der Waals surface area contributed by atoms with Crippen LogP contribution in [0.1, 0.15) is 40.7 Å². The quantitative estimate of drug-likeness (QED) is 0.459. The topological polar surface area (TPSA) is 146 Å². The van der Waals surface area contributed by atoms with E-state index in [4.69, 9.17) is 10.5 Å². The molecule has 1 saturated heterocycles. The highest BCUT2D eigenvalue weighted by Gasteiger charge is 2.22. The van der Waals surface area contributed by atoms with Gasteiger partial charge in [0.2, 0.25) is 5.88 Å². The maximum Gasteiger partial charge on any atom is 0.270 e. The monoisotopic (exact) mass is 466 g/mol. The molecule has 0 bridgehead atoms. The Bertz CT molecular complexity index is 1130. The molecule has 4 N–H and O–H groups in total. The number of nitrogen functional groups attached to an aromatic ring is 1. The molecule has 33 heavy (non-hydrogen) atoms. The van der Waals surface area contributed by atoms with Crippen LogP contribution in [0.25, 0.3) is 10.7 Å². The van der Waals surface area contributed by atoms with Crippen molar-refractivity contribution in [3.8, 4) is 22.7 Å². The van der Waals surface area contributed by atoms with Crippen molar-refractivity contribution < 1.29 is 9.53 Å². The van der Waals surface area contributed by atoms with Crippen LogP contribution in [0.15, 0.2) is 24.5 Å². The van der Waals surface area contributed by atoms with Gasteiger partial charge in [-0.05, 0) is 50.9 Å². The Labute approximate surface area is 195 Å². The van der Waals surface area contributed by atoms with Gasteiger partial charge in [-0.1, -0.05) is 0 Å². The van der Waals surface area contributed by atoms with E-state index in [1.165, 1.54) is 10.9 Å². The molecule has 0 aliphatic carbocycles. The zero-order valence-corrected chi connectivity index (χ0v) is 19.2. The number of aromatic amines is 1. The molecule has 0 saturated carbocycles. The number of aromatic nitrogens is 4. The third kappa shape index (κ3) is 5.47. The summed E-state index contributed by atoms with van der Waals surface area (Å²) in [6, 6.07) is 5.31. The standard InChI is InChI=1S/C22H26N8O2S/c1-2-32-21-16(10-23)17(24)9-19(28-21)20(31)25-11-14-4-7-30(8-5-14)13-15-12-26-22(33-15)18-3-6-27-29-18/h3,6,9,12,14H,2,4-5,7-8,11,13H2,1H3,(H2,24,28)(H,25,31)(H,27,29). The van der Waals surface area contributed by atoms with Gasteiger partial charge in [0.25, 0.3) is 5.91 Å². The van der Waals surface area contributed by atoms with Crippen LogP contribution in [0.5, 0.6) is 5.88 Å². The normalized spacial score (nSPS) is 14.7. The highest BCUT2D eigenvalue weighted by Crippen LogP contribution is 2.26. The molecule has 1 aliphatic rings. The summed E-state index contributed by atoms with van der Waals surface area (Å²) in [6.45, 7) is 5.49. The first-order chi connectivity index (χ1) is 16.1. The molecule has 4 rings (SSSR count). The molecule has 3 aromatic heterocycles. The Hall–Kier alpha value is -3.49. The number of hydrogen-bond donors (Lipinski definition) is 3. The summed E-state index contributed by atoms with van der Waals surface area (Å²) in [6.07, 6.45) is 5.66. The SMILES string of the molecule is CCOc1nc(C(=O)NCC2CCN(Cc3cnc(-c4ccn[nH]4)s3)CC2)cc(N)c1C#N. The maximum absolute atomic E-state index is 12.6. The minimum absolute atomic E-state index is 0.0946. The van der Waals surface area contributed by atoms with Crippen LogP contribution >= 0.6 is 11.3 Å². The summed E-state index contributed by atoms with van der Waals surface area (Å²) in [5, 5.41) is 20.1. The van der Waals surface area contributed by atoms with Crippen LogP contribution < -0.4 is 15.8 Å². The number of H-pyrrole nitrogens is 1. The molecule has 10 nitrogen and oxygen atoms in total. The van der Waals surface area contributed by atoms with Crippen LogP contribution in [0.4, 0.5) is 5.69 Å². The van der Waals surface area contributed by atoms with Crippen molar-refractivity contribution in [2.75, 3.05) is 32.0 Å². The van der Waals surface area contributed by atoms with Crippen molar-refractivity contribution in [3.05, 3.63) is 40.7 Å². The fourth-order valence-electron chi connectivity index (χ4n) is 3.79. The van der Waals surface area contributed by atoms with E-state index in [9.17, 15) is 10.1 Å². The lowest BCUT2D eigenvalue weighted by Crippen LogP contribution is -2.38. The fraction of sp³-hybridized carbons (Fsp3) is 0.409. The Balaban J connectivity index is 1.26. The molecule has 1 fully saturated rings. The van der Waals surface area contributed by atoms with Gasteiger partial charge in [-0.25, -0.2) is 9.97 Å². The first kappa shape index (κ1) is 22.7. The van der Waals surface area contributed by atoms with Crippen LogP contribution in [0, 0.1) is 17.2 Å². The van der Waals surface area contributed by atoms with Crippen molar-refractivity contribution in [1.82, 2.24) is 30.4 Å². The number of nitriles is 1. The zero-order chi connectivity index (χ0) is 23.2. The van der Waals surface area contributed by atoms with Gasteiger partial charge in [0.15, 0.2) is 0 Å². The number of rotatable bonds is 8. The van der Waals surface area contributed by atoms with E-state index in [-0.39, 0.29) is 28.7 Å². The first-order valence-corrected chi connectivity index (χ1v) is 11.7. The molecular formula is C22H26N8O2S. The summed E-state index contributed by atoms with van der Waals surface area (Å²) >= 11 is 1.68. The maximum atomic E-state index is 12.6. The first-order valence-electron chi connectivity index (χ1n) is 10.9. The number of amides is 1. The summed E-state index contributed by atoms with van der Waals surface area (Å²) < 4.78 is 5.37. The van der Waals surface area contributed by atoms with Gasteiger partial charge in [-0.15, -0.1) is 11.3 Å². The second-order valence-corrected chi connectivity index (χ2v) is 8.97. The molecule has 0 radical (unpaired) electrons. The summed E-state index contributed by atoms with van der Waals surface area (Å²) in [5.74, 6) is 0.178. The molecule has 0 aromatic carbocycles. The second kappa shape index (κ2) is 10.4. The van der Waals surface area contributed by atoms with Gasteiger partial charge in [0, 0.05) is 30.4 Å². The Morgan fingerprint density at radius 1 is 1.45 bits per heavy atom. The largest absolute Gasteiger partial charge is 0.477 e. The molecule has 0 unspecified atom stereocenters. The zero-order valence-electron chi connectivity index (χ0n) is 18.4. The van der Waals surface area contributed by atoms with Crippen molar-refractivity contribution in [2.24, 2.45) is 5.92 Å². The smallest absolute Gasteiger partial charge is 0.270 e. The number of ether oxygens (including phenoxy) is 1. The van der Waals surface area contributed by atoms with Crippen molar-refractivity contribution in [2.45, 2.75) is 26.3 Å². The van der Waals surface area contributed by atoms with E-state index < -0.39 is 0 Å². The fourth-order valence-corrected chi connectivity index (χ4v) is 4.72. The minimum Gasteiger partial charge on any atom is -0.477 e. The van der Waals surface area contributed by atoms with Gasteiger partial charge < -0.3 is 15.8 Å². The van der Waals surface area contributed by atoms with E-state index in [1.54, 1.807) is 24.5 Å². The van der Waals surface area contributed by atoms with Gasteiger partial charge >= 0.3 is 0 Å². The van der Waals surface area contributed by atoms with Crippen molar-refractivity contribution in [1.29, 1.82) is 5.26 Å². The number of nitrogens with two attached hydrogens (primary N) is 1. The lowest BCUT2D eigenvalue weighted by atomic mass is 9.96. The van der Waals surface area contributed by atoms with Crippen LogP contribution in [-0.4, -0.2) is 57.2 Å². The Morgan fingerprint density at radius 2 is 2.27 bits per heavy atom. The number of piperidine rings is 1. The number of thiazole rings is 1. The third-order valence-electron chi connectivity index (χ3n) is 5.56. The minimum atomic E-state index is -0.314. The number of nitrogens with zero attached hydrogens (tertiary/aromatic N) is 5. The third-order valence-corrected chi connectivity index (χ3v) is 6.58. The molecule has 0 atom stereocenters. The molecule has 1 amide bonds. The molecule has 3 aromatic rings. The summed E-state index contributed by atoms with van der Waals surface area (Å²) in [5.41, 5.74) is 7.35. The number of likely N-dealkylation sites (tertiary alicyclic amines) is 1. The summed E-state index contributed by atoms with van der Waals surface area (Å²) in [4.78, 5) is 24.9. The number of anilines is 1. The molecule has 172 valence electrons. The van der Waals surface area contributed by atoms with Crippen LogP contribution in [0.2, 0.25) is 0 Å². The lowest BCUT2D eigenvalue weighted by molar-refractivity contribution is 0.0929. The van der Waals surface area contributed by atoms with Crippen molar-refractivity contribution in [3.63, 3.8) is 0 Å². The number of carbonyl (C=O) groups excluding carboxylic acids is 1. The second-order valence-electron chi connectivity index (χ2n) is 7.85. The number of nitrogens with one attached hydrogen (secondary N) is 2. The van der Waals surface area contributed by atoms with Gasteiger partial charge in [-0.3, -0.25) is 14.8 Å². The predicted molar refractivity (Wildman–Crippen MR) is 125 cm³/mol. The lowest BCUT2D eigenvalue weighted by Gasteiger charge is -2.31. The molecule has 0 spiro atoms. The molecule has 1 aliphatic heterocycles. The highest BCUT2D eigenvalue weighted by atomic mass is 32.1. The Kier molecular flexibility index (Phi) is 7.16. The van der Waals surface area contributed by atoms with E-state index in [1.807, 2.05) is 18.3 Å². The highest BCUT2D eigenvalue weighted by molar-refractivity contribution is 7.14. The molecule has 4 heterocycles. The number of carbonyl (C=O) groups is 1. The van der Waals surface area contributed by atoms with Crippen molar-refractivity contribution >= 4 is 22.9 Å². The van der Waals surface area contributed by atoms with Gasteiger partial charge in [-0.2, -0.15) is 10.4 Å². The van der Waals surface area contributed by atoms with Crippen LogP contribution in [0.3, 0.4) is 0 Å². The average molecular weight is 467 g/mol. The summed E-state index contributed by atoms with van der Waals surface area (Å²) in [7, 11) is 0. The number of pyridine rings is 1. The Morgan fingerprint density at radius 3 is 2.97 bits per heavy atom. The van der Waals surface area contributed by atoms with E-state index >= 15 is 0 Å². The van der Waals surface area contributed by atoms with Gasteiger partial charge in [0.05, 0.1) is 18.0 Å². The van der Waals surface area contributed by atoms with E-state index in [2.05, 4.69) is 30.4 Å². The van der Waals surface area contributed by atoms with E-state index in [0.29, 0.717) is 19.1 Å². The van der Waals surface area contributed by atoms with Crippen LogP contribution in [-0.2, 0) is 6.54 Å². The van der Waals surface area contributed by atoms with E-state index in [0.717, 1.165) is 43.2 Å². The molecule has 11 heteroatoms. The number of hydrogen-bond acceptors (Lipinski definition) is 9. The van der Waals surface area contributed by atoms with Gasteiger partial charge in [0.1, 0.15) is 22.3 Å².